The first-order valence-corrected chi connectivity index (χ1v) is 6.50. The summed E-state index contributed by atoms with van der Waals surface area (Å²) in [5.74, 6) is 0.264. The molecule has 20 heavy (non-hydrogen) atoms. The van der Waals surface area contributed by atoms with Crippen LogP contribution in [0.3, 0.4) is 0 Å². The van der Waals surface area contributed by atoms with Gasteiger partial charge >= 0.3 is 5.97 Å². The molecule has 106 valence electrons. The molecule has 0 saturated heterocycles. The van der Waals surface area contributed by atoms with Crippen molar-refractivity contribution in [2.24, 2.45) is 0 Å². The smallest absolute Gasteiger partial charge is 0.305 e. The minimum atomic E-state index is -0.276. The van der Waals surface area contributed by atoms with Gasteiger partial charge in [0.2, 0.25) is 0 Å². The molecule has 0 aliphatic heterocycles. The Labute approximate surface area is 123 Å². The fourth-order valence-electron chi connectivity index (χ4n) is 1.76. The third-order valence-corrected chi connectivity index (χ3v) is 3.00. The van der Waals surface area contributed by atoms with Gasteiger partial charge in [-0.1, -0.05) is 23.7 Å². The first-order chi connectivity index (χ1) is 9.62. The highest BCUT2D eigenvalue weighted by molar-refractivity contribution is 6.30. The predicted octanol–water partition coefficient (Wildman–Crippen LogP) is 3.56. The molecule has 1 rings (SSSR count). The second-order valence-electron chi connectivity index (χ2n) is 4.05. The van der Waals surface area contributed by atoms with Crippen LogP contribution in [-0.2, 0) is 14.3 Å². The van der Waals surface area contributed by atoms with Crippen LogP contribution in [-0.4, -0.2) is 20.2 Å². The molecule has 0 radical (unpaired) electrons. The molecule has 0 aromatic heterocycles. The lowest BCUT2D eigenvalue weighted by Gasteiger charge is -2.09. The van der Waals surface area contributed by atoms with Crippen LogP contribution in [0.25, 0.3) is 5.57 Å². The molecule has 4 nitrogen and oxygen atoms in total. The average molecular weight is 294 g/mol. The van der Waals surface area contributed by atoms with E-state index < -0.39 is 0 Å². The quantitative estimate of drug-likeness (QED) is 0.457. The van der Waals surface area contributed by atoms with Crippen LogP contribution in [0.1, 0.15) is 24.8 Å². The number of hydrogen-bond donors (Lipinski definition) is 0. The topological polar surface area (TPSA) is 59.3 Å². The Bertz CT molecular complexity index is 546. The van der Waals surface area contributed by atoms with E-state index in [9.17, 15) is 10.1 Å². The molecule has 0 fully saturated rings. The summed E-state index contributed by atoms with van der Waals surface area (Å²) in [6.07, 6.45) is 1.33. The van der Waals surface area contributed by atoms with Gasteiger partial charge in [-0.25, -0.2) is 0 Å². The lowest BCUT2D eigenvalue weighted by molar-refractivity contribution is -0.140. The molecule has 0 aliphatic carbocycles. The minimum absolute atomic E-state index is 0.276. The lowest BCUT2D eigenvalue weighted by Crippen LogP contribution is -2.01. The van der Waals surface area contributed by atoms with Crippen LogP contribution < -0.4 is 0 Å². The summed E-state index contributed by atoms with van der Waals surface area (Å²) in [6.45, 7) is 0. The molecular weight excluding hydrogens is 278 g/mol. The summed E-state index contributed by atoms with van der Waals surface area (Å²) in [7, 11) is 2.86. The molecule has 0 N–H and O–H groups in total. The Morgan fingerprint density at radius 1 is 1.30 bits per heavy atom. The van der Waals surface area contributed by atoms with Crippen molar-refractivity contribution in [1.29, 1.82) is 5.26 Å². The maximum atomic E-state index is 11.1. The third-order valence-electron chi connectivity index (χ3n) is 2.76. The number of methoxy groups -OCH3 is 2. The Morgan fingerprint density at radius 3 is 2.60 bits per heavy atom. The molecule has 0 atom stereocenters. The standard InChI is InChI=1S/C15H16ClNO3/c1-19-14(7-4-8-15(18)20-2)13(10-17)11-5-3-6-12(16)9-11/h3,5-6,9H,4,7-8H2,1-2H3. The summed E-state index contributed by atoms with van der Waals surface area (Å²) in [5.41, 5.74) is 1.13. The van der Waals surface area contributed by atoms with Crippen LogP contribution >= 0.6 is 11.6 Å². The Kier molecular flexibility index (Phi) is 6.61. The van der Waals surface area contributed by atoms with Crippen molar-refractivity contribution in [2.45, 2.75) is 19.3 Å². The van der Waals surface area contributed by atoms with Crippen molar-refractivity contribution in [3.05, 3.63) is 40.6 Å². The predicted molar refractivity (Wildman–Crippen MR) is 76.9 cm³/mol. The second-order valence-corrected chi connectivity index (χ2v) is 4.49. The third kappa shape index (κ3) is 4.60. The Hall–Kier alpha value is -1.99. The molecule has 0 heterocycles. The Morgan fingerprint density at radius 2 is 2.05 bits per heavy atom. The van der Waals surface area contributed by atoms with E-state index in [1.165, 1.54) is 14.2 Å². The lowest BCUT2D eigenvalue weighted by atomic mass is 10.0. The zero-order valence-corrected chi connectivity index (χ0v) is 12.2. The maximum Gasteiger partial charge on any atom is 0.305 e. The highest BCUT2D eigenvalue weighted by atomic mass is 35.5. The number of halogens is 1. The van der Waals surface area contributed by atoms with Gasteiger partial charge in [0.15, 0.2) is 0 Å². The van der Waals surface area contributed by atoms with Crippen LogP contribution in [0.5, 0.6) is 0 Å². The van der Waals surface area contributed by atoms with E-state index in [0.29, 0.717) is 34.8 Å². The van der Waals surface area contributed by atoms with Gasteiger partial charge in [0.05, 0.1) is 19.8 Å². The van der Waals surface area contributed by atoms with E-state index in [1.807, 2.05) is 0 Å². The van der Waals surface area contributed by atoms with Gasteiger partial charge in [0, 0.05) is 17.9 Å². The van der Waals surface area contributed by atoms with Crippen molar-refractivity contribution in [3.8, 4) is 6.07 Å². The number of nitriles is 1. The summed E-state index contributed by atoms with van der Waals surface area (Å²) < 4.78 is 9.85. The minimum Gasteiger partial charge on any atom is -0.500 e. The van der Waals surface area contributed by atoms with Gasteiger partial charge in [-0.05, 0) is 24.1 Å². The zero-order valence-electron chi connectivity index (χ0n) is 11.5. The molecule has 0 unspecified atom stereocenters. The highest BCUT2D eigenvalue weighted by Crippen LogP contribution is 2.24. The van der Waals surface area contributed by atoms with Gasteiger partial charge < -0.3 is 9.47 Å². The van der Waals surface area contributed by atoms with Gasteiger partial charge in [-0.15, -0.1) is 0 Å². The SMILES string of the molecule is COC(=O)CCCC(OC)=C(C#N)c1cccc(Cl)c1. The van der Waals surface area contributed by atoms with E-state index >= 15 is 0 Å². The monoisotopic (exact) mass is 293 g/mol. The first kappa shape index (κ1) is 16.1. The largest absolute Gasteiger partial charge is 0.500 e. The molecule has 0 amide bonds. The normalized spacial score (nSPS) is 11.3. The van der Waals surface area contributed by atoms with Crippen molar-refractivity contribution in [2.75, 3.05) is 14.2 Å². The van der Waals surface area contributed by atoms with Crippen LogP contribution in [0, 0.1) is 11.3 Å². The summed E-state index contributed by atoms with van der Waals surface area (Å²) >= 11 is 5.92. The number of hydrogen-bond acceptors (Lipinski definition) is 4. The molecule has 1 aromatic rings. The van der Waals surface area contributed by atoms with Crippen molar-refractivity contribution in [3.63, 3.8) is 0 Å². The fraction of sp³-hybridized carbons (Fsp3) is 0.333. The number of allylic oxidation sites excluding steroid dienone is 2. The number of carbonyl (C=O) groups excluding carboxylic acids is 1. The Balaban J connectivity index is 2.91. The number of carbonyl (C=O) groups is 1. The highest BCUT2D eigenvalue weighted by Gasteiger charge is 2.11. The summed E-state index contributed by atoms with van der Waals surface area (Å²) in [4.78, 5) is 11.1. The molecule has 0 bridgehead atoms. The number of nitrogens with zero attached hydrogens (tertiary/aromatic N) is 1. The number of rotatable bonds is 6. The van der Waals surface area contributed by atoms with Gasteiger partial charge in [-0.2, -0.15) is 5.26 Å². The van der Waals surface area contributed by atoms with Crippen LogP contribution in [0.4, 0.5) is 0 Å². The molecule has 0 spiro atoms. The van der Waals surface area contributed by atoms with E-state index in [-0.39, 0.29) is 12.4 Å². The number of ether oxygens (including phenoxy) is 2. The molecule has 1 aromatic carbocycles. The van der Waals surface area contributed by atoms with E-state index in [4.69, 9.17) is 16.3 Å². The summed E-state index contributed by atoms with van der Waals surface area (Å²) in [6, 6.07) is 9.15. The van der Waals surface area contributed by atoms with Crippen molar-refractivity contribution >= 4 is 23.1 Å². The fourth-order valence-corrected chi connectivity index (χ4v) is 1.95. The van der Waals surface area contributed by atoms with Crippen LogP contribution in [0.15, 0.2) is 30.0 Å². The zero-order chi connectivity index (χ0) is 15.0. The molecule has 5 heteroatoms. The maximum absolute atomic E-state index is 11.1. The van der Waals surface area contributed by atoms with Gasteiger partial charge in [0.1, 0.15) is 11.8 Å². The van der Waals surface area contributed by atoms with Crippen molar-refractivity contribution in [1.82, 2.24) is 0 Å². The molecular formula is C15H16ClNO3. The first-order valence-electron chi connectivity index (χ1n) is 6.12. The van der Waals surface area contributed by atoms with E-state index in [2.05, 4.69) is 10.8 Å². The van der Waals surface area contributed by atoms with E-state index in [1.54, 1.807) is 24.3 Å². The number of benzene rings is 1. The van der Waals surface area contributed by atoms with Gasteiger partial charge in [-0.3, -0.25) is 4.79 Å². The number of esters is 1. The van der Waals surface area contributed by atoms with Crippen molar-refractivity contribution < 1.29 is 14.3 Å². The second kappa shape index (κ2) is 8.23. The summed E-state index contributed by atoms with van der Waals surface area (Å²) in [5, 5.41) is 9.86. The molecule has 0 aliphatic rings. The van der Waals surface area contributed by atoms with Crippen LogP contribution in [0.2, 0.25) is 5.02 Å². The average Bonchev–Trinajstić information content (AvgIpc) is 2.46. The van der Waals surface area contributed by atoms with E-state index in [0.717, 1.165) is 0 Å². The molecule has 0 saturated carbocycles. The van der Waals surface area contributed by atoms with Gasteiger partial charge in [0.25, 0.3) is 0 Å².